The van der Waals surface area contributed by atoms with Gasteiger partial charge in [-0.2, -0.15) is 5.10 Å². The second-order valence-corrected chi connectivity index (χ2v) is 6.68. The highest BCUT2D eigenvalue weighted by molar-refractivity contribution is 5.95. The van der Waals surface area contributed by atoms with E-state index >= 15 is 0 Å². The Kier molecular flexibility index (Phi) is 4.93. The van der Waals surface area contributed by atoms with Crippen LogP contribution >= 0.6 is 0 Å². The molecule has 0 saturated heterocycles. The maximum Gasteiger partial charge on any atom is 0.254 e. The van der Waals surface area contributed by atoms with Crippen LogP contribution in [0.4, 0.5) is 4.39 Å². The van der Waals surface area contributed by atoms with Crippen molar-refractivity contribution in [2.45, 2.75) is 19.9 Å². The van der Waals surface area contributed by atoms with Crippen LogP contribution in [0.5, 0.6) is 0 Å². The molecule has 0 spiro atoms. The van der Waals surface area contributed by atoms with Crippen molar-refractivity contribution in [3.8, 4) is 5.69 Å². The number of carbonyl (C=O) groups excluding carboxylic acids is 1. The van der Waals surface area contributed by atoms with Gasteiger partial charge in [0, 0.05) is 24.8 Å². The molecular weight excluding hydrogens is 355 g/mol. The van der Waals surface area contributed by atoms with Crippen LogP contribution in [0.1, 0.15) is 22.5 Å². The minimum Gasteiger partial charge on any atom is -0.352 e. The smallest absolute Gasteiger partial charge is 0.254 e. The maximum absolute atomic E-state index is 14.0. The van der Waals surface area contributed by atoms with Crippen LogP contribution in [-0.4, -0.2) is 26.8 Å². The fraction of sp³-hybridized carbons (Fsp3) is 0.182. The van der Waals surface area contributed by atoms with Crippen molar-refractivity contribution in [1.82, 2.24) is 19.7 Å². The molecule has 0 unspecified atom stereocenters. The topological polar surface area (TPSA) is 51.9 Å². The number of nitrogens with zero attached hydrogens (tertiary/aromatic N) is 3. The molecule has 4 rings (SSSR count). The standard InChI is InChI=1S/C22H21FN4O/c1-16-18(15-25-27(16)21-10-5-3-8-19(21)23)22(28)24-12-6-13-26-14-11-17-7-2-4-9-20(17)26/h2-5,7-11,14-15H,6,12-13H2,1H3,(H,24,28). The predicted molar refractivity (Wildman–Crippen MR) is 107 cm³/mol. The van der Waals surface area contributed by atoms with Crippen molar-refractivity contribution in [2.24, 2.45) is 0 Å². The van der Waals surface area contributed by atoms with Gasteiger partial charge in [-0.1, -0.05) is 30.3 Å². The Labute approximate surface area is 162 Å². The van der Waals surface area contributed by atoms with E-state index in [1.165, 1.54) is 27.8 Å². The van der Waals surface area contributed by atoms with Gasteiger partial charge in [-0.3, -0.25) is 4.79 Å². The van der Waals surface area contributed by atoms with Crippen LogP contribution in [0.25, 0.3) is 16.6 Å². The normalized spacial score (nSPS) is 11.1. The number of para-hydroxylation sites is 2. The largest absolute Gasteiger partial charge is 0.352 e. The minimum absolute atomic E-state index is 0.197. The molecule has 6 heteroatoms. The van der Waals surface area contributed by atoms with Gasteiger partial charge in [0.2, 0.25) is 0 Å². The van der Waals surface area contributed by atoms with Crippen LogP contribution in [-0.2, 0) is 6.54 Å². The van der Waals surface area contributed by atoms with Crippen LogP contribution < -0.4 is 5.32 Å². The summed E-state index contributed by atoms with van der Waals surface area (Å²) in [5.74, 6) is -0.572. The van der Waals surface area contributed by atoms with Gasteiger partial charge in [-0.05, 0) is 43.0 Å². The van der Waals surface area contributed by atoms with E-state index in [-0.39, 0.29) is 11.7 Å². The molecule has 5 nitrogen and oxygen atoms in total. The minimum atomic E-state index is -0.375. The summed E-state index contributed by atoms with van der Waals surface area (Å²) in [5.41, 5.74) is 2.59. The molecule has 2 aromatic heterocycles. The lowest BCUT2D eigenvalue weighted by atomic mass is 10.2. The molecule has 4 aromatic rings. The van der Waals surface area contributed by atoms with E-state index in [4.69, 9.17) is 0 Å². The molecule has 0 saturated carbocycles. The van der Waals surface area contributed by atoms with E-state index in [0.717, 1.165) is 13.0 Å². The number of halogens is 1. The van der Waals surface area contributed by atoms with Crippen molar-refractivity contribution >= 4 is 16.8 Å². The van der Waals surface area contributed by atoms with Gasteiger partial charge in [0.25, 0.3) is 5.91 Å². The van der Waals surface area contributed by atoms with E-state index in [0.29, 0.717) is 23.5 Å². The highest BCUT2D eigenvalue weighted by atomic mass is 19.1. The Hall–Kier alpha value is -3.41. The lowest BCUT2D eigenvalue weighted by Gasteiger charge is -2.08. The first-order valence-corrected chi connectivity index (χ1v) is 9.27. The van der Waals surface area contributed by atoms with Gasteiger partial charge in [-0.25, -0.2) is 9.07 Å². The number of fused-ring (bicyclic) bond motifs is 1. The van der Waals surface area contributed by atoms with Crippen LogP contribution in [0, 0.1) is 12.7 Å². The zero-order valence-corrected chi connectivity index (χ0v) is 15.6. The molecule has 0 aliphatic rings. The SMILES string of the molecule is Cc1c(C(=O)NCCCn2ccc3ccccc32)cnn1-c1ccccc1F. The van der Waals surface area contributed by atoms with Gasteiger partial charge in [0.1, 0.15) is 11.5 Å². The molecule has 0 aliphatic carbocycles. The monoisotopic (exact) mass is 376 g/mol. The Morgan fingerprint density at radius 3 is 2.75 bits per heavy atom. The van der Waals surface area contributed by atoms with Crippen molar-refractivity contribution in [3.63, 3.8) is 0 Å². The number of aromatic nitrogens is 3. The molecular formula is C22H21FN4O. The number of carbonyl (C=O) groups is 1. The number of hydrogen-bond donors (Lipinski definition) is 1. The number of rotatable bonds is 6. The first-order chi connectivity index (χ1) is 13.6. The highest BCUT2D eigenvalue weighted by Gasteiger charge is 2.16. The molecule has 142 valence electrons. The highest BCUT2D eigenvalue weighted by Crippen LogP contribution is 2.17. The number of aryl methyl sites for hydroxylation is 1. The number of nitrogens with one attached hydrogen (secondary N) is 1. The molecule has 2 aromatic carbocycles. The van der Waals surface area contributed by atoms with Gasteiger partial charge in [-0.15, -0.1) is 0 Å². The molecule has 0 bridgehead atoms. The third kappa shape index (κ3) is 3.41. The molecule has 0 fully saturated rings. The van der Waals surface area contributed by atoms with Gasteiger partial charge >= 0.3 is 0 Å². The van der Waals surface area contributed by atoms with Crippen molar-refractivity contribution in [1.29, 1.82) is 0 Å². The van der Waals surface area contributed by atoms with E-state index < -0.39 is 0 Å². The number of benzene rings is 2. The summed E-state index contributed by atoms with van der Waals surface area (Å²) in [5, 5.41) is 8.32. The van der Waals surface area contributed by atoms with E-state index in [1.807, 2.05) is 12.1 Å². The quantitative estimate of drug-likeness (QED) is 0.515. The van der Waals surface area contributed by atoms with Gasteiger partial charge in [0.15, 0.2) is 0 Å². The van der Waals surface area contributed by atoms with E-state index in [9.17, 15) is 9.18 Å². The Morgan fingerprint density at radius 2 is 1.89 bits per heavy atom. The second kappa shape index (κ2) is 7.68. The summed E-state index contributed by atoms with van der Waals surface area (Å²) in [6, 6.07) is 16.7. The average molecular weight is 376 g/mol. The van der Waals surface area contributed by atoms with Crippen molar-refractivity contribution < 1.29 is 9.18 Å². The molecule has 28 heavy (non-hydrogen) atoms. The molecule has 1 N–H and O–H groups in total. The lowest BCUT2D eigenvalue weighted by Crippen LogP contribution is -2.25. The fourth-order valence-corrected chi connectivity index (χ4v) is 3.38. The van der Waals surface area contributed by atoms with Gasteiger partial charge < -0.3 is 9.88 Å². The second-order valence-electron chi connectivity index (χ2n) is 6.68. The van der Waals surface area contributed by atoms with E-state index in [2.05, 4.69) is 39.4 Å². The predicted octanol–water partition coefficient (Wildman–Crippen LogP) is 4.09. The first-order valence-electron chi connectivity index (χ1n) is 9.27. The van der Waals surface area contributed by atoms with Crippen LogP contribution in [0.15, 0.2) is 67.0 Å². The average Bonchev–Trinajstić information content (AvgIpc) is 3.29. The molecule has 0 atom stereocenters. The third-order valence-electron chi connectivity index (χ3n) is 4.88. The molecule has 2 heterocycles. The van der Waals surface area contributed by atoms with Gasteiger partial charge in [0.05, 0.1) is 17.5 Å². The summed E-state index contributed by atoms with van der Waals surface area (Å²) in [7, 11) is 0. The fourth-order valence-electron chi connectivity index (χ4n) is 3.38. The van der Waals surface area contributed by atoms with Crippen molar-refractivity contribution in [2.75, 3.05) is 6.54 Å². The molecule has 0 aliphatic heterocycles. The van der Waals surface area contributed by atoms with Crippen LogP contribution in [0.2, 0.25) is 0 Å². The summed E-state index contributed by atoms with van der Waals surface area (Å²) >= 11 is 0. The van der Waals surface area contributed by atoms with Crippen molar-refractivity contribution in [3.05, 3.63) is 84.1 Å². The summed E-state index contributed by atoms with van der Waals surface area (Å²) in [6.07, 6.45) is 4.36. The maximum atomic E-state index is 14.0. The molecule has 1 amide bonds. The summed E-state index contributed by atoms with van der Waals surface area (Å²) in [4.78, 5) is 12.5. The zero-order chi connectivity index (χ0) is 19.5. The molecule has 0 radical (unpaired) electrons. The van der Waals surface area contributed by atoms with E-state index in [1.54, 1.807) is 25.1 Å². The lowest BCUT2D eigenvalue weighted by molar-refractivity contribution is 0.0952. The number of hydrogen-bond acceptors (Lipinski definition) is 2. The van der Waals surface area contributed by atoms with Crippen LogP contribution in [0.3, 0.4) is 0 Å². The third-order valence-corrected chi connectivity index (χ3v) is 4.88. The zero-order valence-electron chi connectivity index (χ0n) is 15.6. The Bertz CT molecular complexity index is 1130. The Balaban J connectivity index is 1.37. The first kappa shape index (κ1) is 18.0. The summed E-state index contributed by atoms with van der Waals surface area (Å²) in [6.45, 7) is 3.14. The summed E-state index contributed by atoms with van der Waals surface area (Å²) < 4.78 is 17.6. The number of amides is 1. The Morgan fingerprint density at radius 1 is 1.11 bits per heavy atom.